The molecule has 6 heteroatoms. The summed E-state index contributed by atoms with van der Waals surface area (Å²) in [5.74, 6) is 0. The Morgan fingerprint density at radius 3 is 2.40 bits per heavy atom. The molecule has 0 N–H and O–H groups in total. The highest BCUT2D eigenvalue weighted by atomic mass is 19.4. The van der Waals surface area contributed by atoms with Gasteiger partial charge in [-0.1, -0.05) is 0 Å². The maximum Gasteiger partial charge on any atom is 0.406 e. The van der Waals surface area contributed by atoms with E-state index < -0.39 is 18.7 Å². The predicted octanol–water partition coefficient (Wildman–Crippen LogP) is 0.834. The van der Waals surface area contributed by atoms with Crippen LogP contribution in [0.25, 0.3) is 0 Å². The van der Waals surface area contributed by atoms with E-state index in [9.17, 15) is 18.4 Å². The van der Waals surface area contributed by atoms with Crippen LogP contribution < -0.4 is 0 Å². The van der Waals surface area contributed by atoms with E-state index in [0.29, 0.717) is 0 Å². The van der Waals surface area contributed by atoms with Crippen molar-refractivity contribution in [2.24, 2.45) is 0 Å². The Morgan fingerprint density at radius 2 is 2.20 bits per heavy atom. The van der Waals surface area contributed by atoms with Crippen molar-refractivity contribution in [2.75, 3.05) is 0 Å². The second-order valence-electron chi connectivity index (χ2n) is 1.84. The smallest absolute Gasteiger partial charge is 0.390 e. The van der Waals surface area contributed by atoms with Gasteiger partial charge in [-0.2, -0.15) is 13.2 Å². The van der Waals surface area contributed by atoms with Gasteiger partial charge in [-0.3, -0.25) is 5.21 Å². The molecule has 1 heterocycles. The van der Waals surface area contributed by atoms with Gasteiger partial charge >= 0.3 is 6.18 Å². The molecular formula is C4H4F3NO2. The summed E-state index contributed by atoms with van der Waals surface area (Å²) < 4.78 is 34.9. The highest BCUT2D eigenvalue weighted by Crippen LogP contribution is 2.26. The summed E-state index contributed by atoms with van der Waals surface area (Å²) in [5, 5.41) is 10.0. The van der Waals surface area contributed by atoms with E-state index in [1.807, 2.05) is 0 Å². The van der Waals surface area contributed by atoms with Gasteiger partial charge in [0.1, 0.15) is 0 Å². The van der Waals surface area contributed by atoms with E-state index in [-0.39, 0.29) is 4.90 Å². The fourth-order valence-corrected chi connectivity index (χ4v) is 0.587. The Labute approximate surface area is 54.2 Å². The van der Waals surface area contributed by atoms with Gasteiger partial charge in [0.15, 0.2) is 6.10 Å². The lowest BCUT2D eigenvalue weighted by Crippen LogP contribution is -2.29. The van der Waals surface area contributed by atoms with Crippen molar-refractivity contribution < 1.29 is 22.9 Å². The Kier molecular flexibility index (Phi) is 1.46. The van der Waals surface area contributed by atoms with Crippen LogP contribution in [-0.2, 0) is 4.84 Å². The van der Waals surface area contributed by atoms with Crippen LogP contribution in [0.2, 0.25) is 0 Å². The van der Waals surface area contributed by atoms with Crippen LogP contribution in [0.15, 0.2) is 0 Å². The molecule has 0 bridgehead atoms. The summed E-state index contributed by atoms with van der Waals surface area (Å²) >= 11 is 0. The van der Waals surface area contributed by atoms with Crippen LogP contribution in [0, 0.1) is 5.21 Å². The molecule has 1 aliphatic heterocycles. The number of halogens is 3. The second kappa shape index (κ2) is 2.03. The number of hydrogen-bond acceptors (Lipinski definition) is 2. The molecule has 0 amide bonds. The minimum atomic E-state index is -4.43. The SMILES string of the molecule is [O-][N+]1=CCC(C(F)(F)F)O1. The molecule has 0 aromatic rings. The largest absolute Gasteiger partial charge is 0.406 e. The maximum absolute atomic E-state index is 11.6. The Bertz CT molecular complexity index is 164. The zero-order valence-electron chi connectivity index (χ0n) is 4.76. The van der Waals surface area contributed by atoms with Gasteiger partial charge in [-0.05, 0) is 0 Å². The number of alkyl halides is 3. The van der Waals surface area contributed by atoms with Gasteiger partial charge < -0.3 is 4.84 Å². The molecule has 0 saturated heterocycles. The third kappa shape index (κ3) is 1.31. The quantitative estimate of drug-likeness (QED) is 0.485. The molecule has 1 unspecified atom stereocenters. The molecule has 0 saturated carbocycles. The molecule has 0 spiro atoms. The van der Waals surface area contributed by atoms with Crippen molar-refractivity contribution in [3.63, 3.8) is 0 Å². The molecular weight excluding hydrogens is 151 g/mol. The zero-order valence-corrected chi connectivity index (χ0v) is 4.76. The average Bonchev–Trinajstić information content (AvgIpc) is 2.11. The third-order valence-electron chi connectivity index (χ3n) is 1.06. The average molecular weight is 155 g/mol. The molecule has 0 radical (unpaired) electrons. The summed E-state index contributed by atoms with van der Waals surface area (Å²) in [6, 6.07) is 0. The summed E-state index contributed by atoms with van der Waals surface area (Å²) in [5.41, 5.74) is 0. The minimum absolute atomic E-state index is 0.168. The topological polar surface area (TPSA) is 35.3 Å². The van der Waals surface area contributed by atoms with E-state index in [2.05, 4.69) is 4.84 Å². The lowest BCUT2D eigenvalue weighted by Gasteiger charge is -2.14. The normalized spacial score (nSPS) is 25.9. The predicted molar refractivity (Wildman–Crippen MR) is 25.2 cm³/mol. The Morgan fingerprint density at radius 1 is 1.60 bits per heavy atom. The van der Waals surface area contributed by atoms with E-state index >= 15 is 0 Å². The van der Waals surface area contributed by atoms with Gasteiger partial charge in [-0.15, -0.1) is 0 Å². The highest BCUT2D eigenvalue weighted by molar-refractivity contribution is 5.53. The van der Waals surface area contributed by atoms with Crippen LogP contribution in [0.4, 0.5) is 13.2 Å². The first-order valence-electron chi connectivity index (χ1n) is 2.53. The van der Waals surface area contributed by atoms with Crippen molar-refractivity contribution in [2.45, 2.75) is 18.7 Å². The van der Waals surface area contributed by atoms with Crippen LogP contribution in [0.5, 0.6) is 0 Å². The van der Waals surface area contributed by atoms with Crippen molar-refractivity contribution in [1.82, 2.24) is 0 Å². The zero-order chi connectivity index (χ0) is 7.78. The fourth-order valence-electron chi connectivity index (χ4n) is 0.587. The summed E-state index contributed by atoms with van der Waals surface area (Å²) in [7, 11) is 0. The van der Waals surface area contributed by atoms with Gasteiger partial charge in [0.2, 0.25) is 6.21 Å². The lowest BCUT2D eigenvalue weighted by atomic mass is 10.3. The Hall–Kier alpha value is -0.940. The fraction of sp³-hybridized carbons (Fsp3) is 0.750. The van der Waals surface area contributed by atoms with Crippen molar-refractivity contribution in [3.8, 4) is 0 Å². The lowest BCUT2D eigenvalue weighted by molar-refractivity contribution is -0.745. The molecule has 10 heavy (non-hydrogen) atoms. The first-order valence-corrected chi connectivity index (χ1v) is 2.53. The molecule has 1 rings (SSSR count). The van der Waals surface area contributed by atoms with Crippen LogP contribution >= 0.6 is 0 Å². The summed E-state index contributed by atoms with van der Waals surface area (Å²) in [6.45, 7) is 0. The molecule has 1 aliphatic rings. The van der Waals surface area contributed by atoms with Crippen LogP contribution in [0.3, 0.4) is 0 Å². The second-order valence-corrected chi connectivity index (χ2v) is 1.84. The van der Waals surface area contributed by atoms with Crippen molar-refractivity contribution in [1.29, 1.82) is 0 Å². The summed E-state index contributed by atoms with van der Waals surface area (Å²) in [6.07, 6.45) is -5.98. The van der Waals surface area contributed by atoms with E-state index in [1.165, 1.54) is 0 Å². The maximum atomic E-state index is 11.6. The van der Waals surface area contributed by atoms with Gasteiger partial charge in [-0.25, -0.2) is 0 Å². The third-order valence-corrected chi connectivity index (χ3v) is 1.06. The minimum Gasteiger partial charge on any atom is -0.390 e. The summed E-state index contributed by atoms with van der Waals surface area (Å²) in [4.78, 5) is 3.65. The number of nitrogens with zero attached hydrogens (tertiary/aromatic N) is 1. The molecule has 0 aromatic heterocycles. The molecule has 58 valence electrons. The van der Waals surface area contributed by atoms with Gasteiger partial charge in [0.25, 0.3) is 0 Å². The van der Waals surface area contributed by atoms with Gasteiger partial charge in [0.05, 0.1) is 6.42 Å². The monoisotopic (exact) mass is 155 g/mol. The van der Waals surface area contributed by atoms with Gasteiger partial charge in [0, 0.05) is 4.90 Å². The van der Waals surface area contributed by atoms with E-state index in [4.69, 9.17) is 0 Å². The molecule has 1 atom stereocenters. The van der Waals surface area contributed by atoms with Crippen molar-refractivity contribution in [3.05, 3.63) is 5.21 Å². The van der Waals surface area contributed by atoms with E-state index in [0.717, 1.165) is 6.21 Å². The standard InChI is InChI=1S/C4H4F3NO2/c5-4(6,7)3-1-2-8(9)10-3/h2-3H,1H2. The first kappa shape index (κ1) is 7.17. The van der Waals surface area contributed by atoms with Crippen LogP contribution in [-0.4, -0.2) is 23.4 Å². The number of hydrogen-bond donors (Lipinski definition) is 0. The molecule has 0 fully saturated rings. The number of rotatable bonds is 0. The van der Waals surface area contributed by atoms with Crippen molar-refractivity contribution >= 4 is 6.21 Å². The highest BCUT2D eigenvalue weighted by Gasteiger charge is 2.42. The molecule has 3 nitrogen and oxygen atoms in total. The Balaban J connectivity index is 2.50. The van der Waals surface area contributed by atoms with Crippen LogP contribution in [0.1, 0.15) is 6.42 Å². The first-order chi connectivity index (χ1) is 4.50. The molecule has 0 aromatic carbocycles. The van der Waals surface area contributed by atoms with E-state index in [1.54, 1.807) is 0 Å². The molecule has 0 aliphatic carbocycles.